The molecule has 142 valence electrons. The normalized spacial score (nSPS) is 16.1. The standard InChI is InChI=1S/C16H25N7O2S/c1-5-17-14-6-7-15(19-18-14)22-8-10-23(11-9-22)26(24,25)16-12(2)20-21(4)13(16)3/h6-7H,5,8-11H2,1-4H3,(H,17,18). The molecular formula is C16H25N7O2S. The SMILES string of the molecule is CCNc1ccc(N2CCN(S(=O)(=O)c3c(C)nn(C)c3C)CC2)nn1. The predicted molar refractivity (Wildman–Crippen MR) is 99.8 cm³/mol. The van der Waals surface area contributed by atoms with Crippen LogP contribution in [0.15, 0.2) is 17.0 Å². The summed E-state index contributed by atoms with van der Waals surface area (Å²) in [4.78, 5) is 2.38. The van der Waals surface area contributed by atoms with Crippen LogP contribution in [0.25, 0.3) is 0 Å². The van der Waals surface area contributed by atoms with Crippen molar-refractivity contribution in [1.82, 2.24) is 24.3 Å². The molecule has 0 aliphatic carbocycles. The van der Waals surface area contributed by atoms with Gasteiger partial charge < -0.3 is 10.2 Å². The smallest absolute Gasteiger partial charge is 0.246 e. The zero-order chi connectivity index (χ0) is 18.9. The second kappa shape index (κ2) is 7.20. The molecule has 0 aromatic carbocycles. The van der Waals surface area contributed by atoms with Crippen molar-refractivity contribution in [2.24, 2.45) is 7.05 Å². The first-order chi connectivity index (χ1) is 12.3. The lowest BCUT2D eigenvalue weighted by atomic mass is 10.3. The van der Waals surface area contributed by atoms with E-state index in [2.05, 4.69) is 25.5 Å². The van der Waals surface area contributed by atoms with Crippen LogP contribution in [-0.2, 0) is 17.1 Å². The minimum Gasteiger partial charge on any atom is -0.369 e. The first-order valence-corrected chi connectivity index (χ1v) is 10.1. The van der Waals surface area contributed by atoms with Crippen LogP contribution in [0.3, 0.4) is 0 Å². The van der Waals surface area contributed by atoms with Gasteiger partial charge in [-0.3, -0.25) is 4.68 Å². The van der Waals surface area contributed by atoms with Gasteiger partial charge in [0.1, 0.15) is 10.7 Å². The van der Waals surface area contributed by atoms with E-state index < -0.39 is 10.0 Å². The van der Waals surface area contributed by atoms with Crippen molar-refractivity contribution in [2.45, 2.75) is 25.7 Å². The van der Waals surface area contributed by atoms with Gasteiger partial charge in [-0.15, -0.1) is 10.2 Å². The number of nitrogens with one attached hydrogen (secondary N) is 1. The Kier molecular flexibility index (Phi) is 5.15. The van der Waals surface area contributed by atoms with E-state index in [1.54, 1.807) is 25.6 Å². The van der Waals surface area contributed by atoms with Gasteiger partial charge >= 0.3 is 0 Å². The van der Waals surface area contributed by atoms with Crippen molar-refractivity contribution in [3.63, 3.8) is 0 Å². The molecule has 3 rings (SSSR count). The summed E-state index contributed by atoms with van der Waals surface area (Å²) in [6.45, 7) is 8.28. The van der Waals surface area contributed by atoms with Crippen LogP contribution < -0.4 is 10.2 Å². The number of hydrogen-bond acceptors (Lipinski definition) is 7. The topological polar surface area (TPSA) is 96.2 Å². The van der Waals surface area contributed by atoms with Crippen molar-refractivity contribution < 1.29 is 8.42 Å². The molecule has 2 aromatic heterocycles. The van der Waals surface area contributed by atoms with Crippen LogP contribution >= 0.6 is 0 Å². The van der Waals surface area contributed by atoms with Crippen molar-refractivity contribution in [1.29, 1.82) is 0 Å². The summed E-state index contributed by atoms with van der Waals surface area (Å²) in [5.41, 5.74) is 1.20. The number of rotatable bonds is 5. The molecule has 0 atom stereocenters. The van der Waals surface area contributed by atoms with E-state index in [1.165, 1.54) is 4.31 Å². The van der Waals surface area contributed by atoms with Gasteiger partial charge in [-0.25, -0.2) is 8.42 Å². The van der Waals surface area contributed by atoms with Crippen LogP contribution in [0.1, 0.15) is 18.3 Å². The molecule has 0 bridgehead atoms. The summed E-state index contributed by atoms with van der Waals surface area (Å²) in [5.74, 6) is 1.50. The van der Waals surface area contributed by atoms with Gasteiger partial charge in [0.05, 0.1) is 11.4 Å². The largest absolute Gasteiger partial charge is 0.369 e. The number of hydrogen-bond donors (Lipinski definition) is 1. The molecular weight excluding hydrogens is 354 g/mol. The Bertz CT molecular complexity index is 869. The summed E-state index contributed by atoms with van der Waals surface area (Å²) < 4.78 is 29.2. The minimum absolute atomic E-state index is 0.322. The van der Waals surface area contributed by atoms with Crippen LogP contribution in [0.2, 0.25) is 0 Å². The number of piperazine rings is 1. The van der Waals surface area contributed by atoms with E-state index >= 15 is 0 Å². The minimum atomic E-state index is -3.54. The monoisotopic (exact) mass is 379 g/mol. The van der Waals surface area contributed by atoms with Crippen LogP contribution in [0.5, 0.6) is 0 Å². The van der Waals surface area contributed by atoms with E-state index in [4.69, 9.17) is 0 Å². The average Bonchev–Trinajstić information content (AvgIpc) is 2.88. The molecule has 0 saturated carbocycles. The molecule has 10 heteroatoms. The molecule has 1 N–H and O–H groups in total. The van der Waals surface area contributed by atoms with Gasteiger partial charge in [-0.1, -0.05) is 0 Å². The third-order valence-electron chi connectivity index (χ3n) is 4.61. The highest BCUT2D eigenvalue weighted by atomic mass is 32.2. The van der Waals surface area contributed by atoms with Gasteiger partial charge in [0.15, 0.2) is 5.82 Å². The first kappa shape index (κ1) is 18.6. The number of anilines is 2. The highest BCUT2D eigenvalue weighted by molar-refractivity contribution is 7.89. The first-order valence-electron chi connectivity index (χ1n) is 8.67. The highest BCUT2D eigenvalue weighted by Crippen LogP contribution is 2.25. The molecule has 1 aliphatic heterocycles. The zero-order valence-electron chi connectivity index (χ0n) is 15.6. The average molecular weight is 379 g/mol. The lowest BCUT2D eigenvalue weighted by Crippen LogP contribution is -2.49. The van der Waals surface area contributed by atoms with Crippen LogP contribution in [0.4, 0.5) is 11.6 Å². The fourth-order valence-electron chi connectivity index (χ4n) is 3.18. The van der Waals surface area contributed by atoms with Crippen molar-refractivity contribution in [3.8, 4) is 0 Å². The molecule has 9 nitrogen and oxygen atoms in total. The zero-order valence-corrected chi connectivity index (χ0v) is 16.4. The highest BCUT2D eigenvalue weighted by Gasteiger charge is 2.33. The molecule has 0 spiro atoms. The third kappa shape index (κ3) is 3.38. The Labute approximate surface area is 154 Å². The summed E-state index contributed by atoms with van der Waals surface area (Å²) in [6.07, 6.45) is 0. The summed E-state index contributed by atoms with van der Waals surface area (Å²) in [6, 6.07) is 3.79. The van der Waals surface area contributed by atoms with E-state index in [0.717, 1.165) is 18.2 Å². The van der Waals surface area contributed by atoms with E-state index in [9.17, 15) is 8.42 Å². The molecule has 26 heavy (non-hydrogen) atoms. The molecule has 0 radical (unpaired) electrons. The summed E-state index contributed by atoms with van der Waals surface area (Å²) in [5, 5.41) is 15.7. The Morgan fingerprint density at radius 1 is 1.12 bits per heavy atom. The fraction of sp³-hybridized carbons (Fsp3) is 0.562. The molecule has 1 fully saturated rings. The second-order valence-electron chi connectivity index (χ2n) is 6.32. The molecule has 3 heterocycles. The number of aryl methyl sites for hydroxylation is 2. The van der Waals surface area contributed by atoms with Gasteiger partial charge in [0.2, 0.25) is 10.0 Å². The maximum atomic E-state index is 13.0. The molecule has 0 amide bonds. The number of sulfonamides is 1. The number of nitrogens with zero attached hydrogens (tertiary/aromatic N) is 6. The Balaban J connectivity index is 1.71. The maximum Gasteiger partial charge on any atom is 0.246 e. The molecule has 2 aromatic rings. The Morgan fingerprint density at radius 2 is 1.81 bits per heavy atom. The van der Waals surface area contributed by atoms with Crippen LogP contribution in [-0.4, -0.2) is 65.4 Å². The quantitative estimate of drug-likeness (QED) is 0.820. The van der Waals surface area contributed by atoms with Gasteiger partial charge in [0, 0.05) is 39.8 Å². The lowest BCUT2D eigenvalue weighted by molar-refractivity contribution is 0.383. The van der Waals surface area contributed by atoms with Gasteiger partial charge in [-0.2, -0.15) is 9.40 Å². The lowest BCUT2D eigenvalue weighted by Gasteiger charge is -2.34. The van der Waals surface area contributed by atoms with Crippen molar-refractivity contribution in [3.05, 3.63) is 23.5 Å². The Morgan fingerprint density at radius 3 is 2.31 bits per heavy atom. The predicted octanol–water partition coefficient (Wildman–Crippen LogP) is 0.770. The summed E-state index contributed by atoms with van der Waals surface area (Å²) in [7, 11) is -1.79. The van der Waals surface area contributed by atoms with E-state index in [0.29, 0.717) is 42.5 Å². The van der Waals surface area contributed by atoms with Crippen molar-refractivity contribution >= 4 is 21.7 Å². The maximum absolute atomic E-state index is 13.0. The van der Waals surface area contributed by atoms with E-state index in [-0.39, 0.29) is 0 Å². The molecule has 0 unspecified atom stereocenters. The Hall–Kier alpha value is -2.20. The molecule has 1 saturated heterocycles. The van der Waals surface area contributed by atoms with Crippen molar-refractivity contribution in [2.75, 3.05) is 42.9 Å². The number of aromatic nitrogens is 4. The van der Waals surface area contributed by atoms with Gasteiger partial charge in [0.25, 0.3) is 0 Å². The second-order valence-corrected chi connectivity index (χ2v) is 8.20. The van der Waals surface area contributed by atoms with E-state index in [1.807, 2.05) is 19.1 Å². The third-order valence-corrected chi connectivity index (χ3v) is 6.76. The molecule has 1 aliphatic rings. The fourth-order valence-corrected chi connectivity index (χ4v) is 5.01. The van der Waals surface area contributed by atoms with Gasteiger partial charge in [-0.05, 0) is 32.9 Å². The summed E-state index contributed by atoms with van der Waals surface area (Å²) >= 11 is 0. The van der Waals surface area contributed by atoms with Crippen LogP contribution in [0, 0.1) is 13.8 Å².